The van der Waals surface area contributed by atoms with Gasteiger partial charge in [0.15, 0.2) is 0 Å². The van der Waals surface area contributed by atoms with Gasteiger partial charge in [0.2, 0.25) is 0 Å². The molecule has 0 N–H and O–H groups in total. The van der Waals surface area contributed by atoms with Crippen LogP contribution in [0.25, 0.3) is 59.8 Å². The number of benzene rings is 4. The molecule has 0 unspecified atom stereocenters. The molecule has 7 aromatic rings. The van der Waals surface area contributed by atoms with Crippen LogP contribution in [0.15, 0.2) is 66.9 Å². The minimum absolute atomic E-state index is 0.0920. The number of nitrogens with zero attached hydrogens (tertiary/aromatic N) is 2. The van der Waals surface area contributed by atoms with Crippen LogP contribution >= 0.6 is 0 Å². The predicted molar refractivity (Wildman–Crippen MR) is 174 cm³/mol. The van der Waals surface area contributed by atoms with Crippen molar-refractivity contribution >= 4 is 59.8 Å². The molecule has 0 aliphatic rings. The van der Waals surface area contributed by atoms with E-state index in [-0.39, 0.29) is 10.8 Å². The van der Waals surface area contributed by atoms with Gasteiger partial charge in [-0.3, -0.25) is 4.98 Å². The molecule has 2 heteroatoms. The van der Waals surface area contributed by atoms with E-state index in [2.05, 4.69) is 120 Å². The third-order valence-electron chi connectivity index (χ3n) is 8.64. The molecule has 0 bridgehead atoms. The molecule has 0 fully saturated rings. The lowest BCUT2D eigenvalue weighted by Gasteiger charge is -2.25. The summed E-state index contributed by atoms with van der Waals surface area (Å²) in [6, 6.07) is 23.3. The molecule has 0 radical (unpaired) electrons. The molecule has 202 valence electrons. The first-order chi connectivity index (χ1) is 18.9. The Labute approximate surface area is 237 Å². The maximum absolute atomic E-state index is 5.12. The molecule has 0 saturated carbocycles. The number of hydrogen-bond acceptors (Lipinski definition) is 1. The molecule has 0 saturated heterocycles. The lowest BCUT2D eigenvalue weighted by molar-refractivity contribution is 0.413. The third kappa shape index (κ3) is 3.72. The second-order valence-corrected chi connectivity index (χ2v) is 14.6. The Morgan fingerprint density at radius 2 is 1.52 bits per heavy atom. The zero-order chi connectivity index (χ0) is 28.1. The summed E-state index contributed by atoms with van der Waals surface area (Å²) in [7, 11) is 0. The van der Waals surface area contributed by atoms with E-state index in [9.17, 15) is 0 Å². The zero-order valence-electron chi connectivity index (χ0n) is 25.2. The van der Waals surface area contributed by atoms with Crippen LogP contribution in [0.3, 0.4) is 0 Å². The van der Waals surface area contributed by atoms with Crippen molar-refractivity contribution in [1.82, 2.24) is 9.38 Å². The molecule has 0 aliphatic heterocycles. The average molecular weight is 525 g/mol. The summed E-state index contributed by atoms with van der Waals surface area (Å²) < 4.78 is 2.61. The molecule has 0 aliphatic carbocycles. The first-order valence-corrected chi connectivity index (χ1v) is 14.9. The Morgan fingerprint density at radius 3 is 2.25 bits per heavy atom. The van der Waals surface area contributed by atoms with E-state index in [1.807, 2.05) is 6.20 Å². The normalized spacial score (nSPS) is 13.4. The standard InChI is InChI=1S/C38H40N2/c1-22(2)17-25-18-23-15-16-39-34-29-20-24-19-26(38(6,7)8)13-14-27(24)30(21-37(3,4)5)35(29)40-31-12-10-9-11-28(31)32(25)36(40)33(23)34/h9-16,18-20,22H,17,21H2,1-8H3. The molecule has 3 heterocycles. The minimum Gasteiger partial charge on any atom is -0.308 e. The minimum atomic E-state index is 0.0920. The van der Waals surface area contributed by atoms with Crippen LogP contribution in [-0.2, 0) is 18.3 Å². The monoisotopic (exact) mass is 524 g/mol. The maximum atomic E-state index is 5.12. The molecule has 4 aromatic carbocycles. The fourth-order valence-electron chi connectivity index (χ4n) is 7.03. The summed E-state index contributed by atoms with van der Waals surface area (Å²) in [5, 5.41) is 9.28. The zero-order valence-corrected chi connectivity index (χ0v) is 25.2. The Bertz CT molecular complexity index is 2090. The summed E-state index contributed by atoms with van der Waals surface area (Å²) in [6.07, 6.45) is 4.07. The number of fused-ring (bicyclic) bond motifs is 7. The van der Waals surface area contributed by atoms with Crippen molar-refractivity contribution < 1.29 is 0 Å². The van der Waals surface area contributed by atoms with Crippen molar-refractivity contribution in [2.45, 2.75) is 73.6 Å². The quantitative estimate of drug-likeness (QED) is 0.166. The summed E-state index contributed by atoms with van der Waals surface area (Å²) >= 11 is 0. The van der Waals surface area contributed by atoms with Gasteiger partial charge in [-0.1, -0.05) is 97.9 Å². The summed E-state index contributed by atoms with van der Waals surface area (Å²) in [6.45, 7) is 18.7. The van der Waals surface area contributed by atoms with Crippen LogP contribution in [0.4, 0.5) is 0 Å². The van der Waals surface area contributed by atoms with Crippen molar-refractivity contribution in [3.05, 3.63) is 83.6 Å². The Hall–Kier alpha value is -3.65. The van der Waals surface area contributed by atoms with E-state index in [1.54, 1.807) is 0 Å². The van der Waals surface area contributed by atoms with Crippen molar-refractivity contribution in [2.24, 2.45) is 11.3 Å². The largest absolute Gasteiger partial charge is 0.308 e. The van der Waals surface area contributed by atoms with Gasteiger partial charge in [0.05, 0.1) is 22.1 Å². The topological polar surface area (TPSA) is 17.3 Å². The molecule has 40 heavy (non-hydrogen) atoms. The molecule has 0 spiro atoms. The number of para-hydroxylation sites is 1. The van der Waals surface area contributed by atoms with Crippen LogP contribution < -0.4 is 0 Å². The maximum Gasteiger partial charge on any atom is 0.0823 e. The van der Waals surface area contributed by atoms with E-state index >= 15 is 0 Å². The molecular formula is C38H40N2. The number of pyridine rings is 2. The van der Waals surface area contributed by atoms with Crippen LogP contribution in [0.1, 0.15) is 72.1 Å². The summed E-state index contributed by atoms with van der Waals surface area (Å²) in [4.78, 5) is 5.12. The van der Waals surface area contributed by atoms with Gasteiger partial charge < -0.3 is 4.40 Å². The highest BCUT2D eigenvalue weighted by Gasteiger charge is 2.26. The van der Waals surface area contributed by atoms with E-state index < -0.39 is 0 Å². The summed E-state index contributed by atoms with van der Waals surface area (Å²) in [5.74, 6) is 0.580. The molecule has 2 nitrogen and oxygen atoms in total. The fraction of sp³-hybridized carbons (Fsp3) is 0.342. The van der Waals surface area contributed by atoms with Crippen LogP contribution in [0, 0.1) is 11.3 Å². The molecule has 0 amide bonds. The van der Waals surface area contributed by atoms with Gasteiger partial charge in [-0.15, -0.1) is 0 Å². The second kappa shape index (κ2) is 8.43. The highest BCUT2D eigenvalue weighted by molar-refractivity contribution is 6.29. The number of aromatic nitrogens is 2. The van der Waals surface area contributed by atoms with Gasteiger partial charge >= 0.3 is 0 Å². The van der Waals surface area contributed by atoms with Crippen LogP contribution in [0.2, 0.25) is 0 Å². The van der Waals surface area contributed by atoms with Gasteiger partial charge in [0, 0.05) is 27.7 Å². The van der Waals surface area contributed by atoms with Crippen molar-refractivity contribution in [3.63, 3.8) is 0 Å². The van der Waals surface area contributed by atoms with Crippen molar-refractivity contribution in [1.29, 1.82) is 0 Å². The highest BCUT2D eigenvalue weighted by atomic mass is 14.9. The van der Waals surface area contributed by atoms with Crippen LogP contribution in [0.5, 0.6) is 0 Å². The van der Waals surface area contributed by atoms with Gasteiger partial charge in [-0.25, -0.2) is 0 Å². The number of hydrogen-bond donors (Lipinski definition) is 0. The Morgan fingerprint density at radius 1 is 0.750 bits per heavy atom. The lowest BCUT2D eigenvalue weighted by Crippen LogP contribution is -2.13. The Kier molecular flexibility index (Phi) is 5.34. The van der Waals surface area contributed by atoms with E-state index in [1.165, 1.54) is 70.9 Å². The van der Waals surface area contributed by atoms with Gasteiger partial charge in [0.25, 0.3) is 0 Å². The Balaban J connectivity index is 1.80. The smallest absolute Gasteiger partial charge is 0.0823 e. The third-order valence-corrected chi connectivity index (χ3v) is 8.64. The molecular weight excluding hydrogens is 484 g/mol. The van der Waals surface area contributed by atoms with Gasteiger partial charge in [0.1, 0.15) is 0 Å². The molecule has 0 atom stereocenters. The van der Waals surface area contributed by atoms with E-state index in [0.29, 0.717) is 5.92 Å². The molecule has 3 aromatic heterocycles. The number of rotatable bonds is 3. The molecule has 7 rings (SSSR count). The first kappa shape index (κ1) is 25.3. The van der Waals surface area contributed by atoms with Crippen molar-refractivity contribution in [3.8, 4) is 0 Å². The van der Waals surface area contributed by atoms with Crippen molar-refractivity contribution in [2.75, 3.05) is 0 Å². The average Bonchev–Trinajstić information content (AvgIpc) is 3.22. The van der Waals surface area contributed by atoms with Gasteiger partial charge in [-0.2, -0.15) is 0 Å². The SMILES string of the molecule is CC(C)Cc1cc2ccnc3c4cc5cc(C(C)(C)C)ccc5c(CC(C)(C)C)c4n4c5ccccc5c1c4c23. The van der Waals surface area contributed by atoms with E-state index in [0.717, 1.165) is 18.4 Å². The van der Waals surface area contributed by atoms with Gasteiger partial charge in [-0.05, 0) is 80.6 Å². The second-order valence-electron chi connectivity index (χ2n) is 14.6. The first-order valence-electron chi connectivity index (χ1n) is 14.9. The van der Waals surface area contributed by atoms with Crippen LogP contribution in [-0.4, -0.2) is 9.38 Å². The van der Waals surface area contributed by atoms with E-state index in [4.69, 9.17) is 4.98 Å². The lowest BCUT2D eigenvalue weighted by atomic mass is 9.82. The highest BCUT2D eigenvalue weighted by Crippen LogP contribution is 2.45. The fourth-order valence-corrected chi connectivity index (χ4v) is 7.03. The predicted octanol–water partition coefficient (Wildman–Crippen LogP) is 10.6. The summed E-state index contributed by atoms with van der Waals surface area (Å²) in [5.41, 5.74) is 9.56.